The van der Waals surface area contributed by atoms with Gasteiger partial charge in [-0.3, -0.25) is 4.79 Å². The molecule has 0 saturated heterocycles. The van der Waals surface area contributed by atoms with Crippen LogP contribution in [0.15, 0.2) is 30.5 Å². The van der Waals surface area contributed by atoms with Crippen LogP contribution in [0.4, 0.5) is 11.5 Å². The second-order valence-corrected chi connectivity index (χ2v) is 4.60. The van der Waals surface area contributed by atoms with E-state index >= 15 is 0 Å². The van der Waals surface area contributed by atoms with E-state index in [-0.39, 0.29) is 11.7 Å². The van der Waals surface area contributed by atoms with Crippen molar-refractivity contribution in [3.8, 4) is 5.75 Å². The molecule has 2 rings (SSSR count). The highest BCUT2D eigenvalue weighted by molar-refractivity contribution is 6.31. The molecular formula is C14H14ClN3O2. The van der Waals surface area contributed by atoms with E-state index < -0.39 is 0 Å². The first-order valence-electron chi connectivity index (χ1n) is 5.89. The lowest BCUT2D eigenvalue weighted by Crippen LogP contribution is -2.15. The van der Waals surface area contributed by atoms with Crippen molar-refractivity contribution in [3.63, 3.8) is 0 Å². The second kappa shape index (κ2) is 5.79. The van der Waals surface area contributed by atoms with Crippen LogP contribution in [0, 0.1) is 6.92 Å². The summed E-state index contributed by atoms with van der Waals surface area (Å²) in [6.07, 6.45) is 1.53. The van der Waals surface area contributed by atoms with Crippen LogP contribution in [0.5, 0.6) is 5.75 Å². The van der Waals surface area contributed by atoms with Gasteiger partial charge in [-0.05, 0) is 30.7 Å². The molecule has 1 aromatic carbocycles. The zero-order chi connectivity index (χ0) is 14.7. The van der Waals surface area contributed by atoms with Gasteiger partial charge < -0.3 is 15.8 Å². The lowest BCUT2D eigenvalue weighted by molar-refractivity contribution is 0.102. The fraction of sp³-hybridized carbons (Fsp3) is 0.143. The molecule has 0 radical (unpaired) electrons. The molecule has 0 aliphatic carbocycles. The second-order valence-electron chi connectivity index (χ2n) is 4.19. The summed E-state index contributed by atoms with van der Waals surface area (Å²) < 4.78 is 5.20. The number of benzene rings is 1. The van der Waals surface area contributed by atoms with Gasteiger partial charge in [0.25, 0.3) is 5.91 Å². The molecule has 0 bridgehead atoms. The smallest absolute Gasteiger partial charge is 0.259 e. The van der Waals surface area contributed by atoms with Crippen LogP contribution in [0.3, 0.4) is 0 Å². The average molecular weight is 292 g/mol. The lowest BCUT2D eigenvalue weighted by atomic mass is 10.2. The number of aromatic nitrogens is 1. The van der Waals surface area contributed by atoms with Gasteiger partial charge in [0.15, 0.2) is 0 Å². The van der Waals surface area contributed by atoms with Gasteiger partial charge in [-0.1, -0.05) is 11.6 Å². The Bertz CT molecular complexity index is 659. The molecule has 3 N–H and O–H groups in total. The van der Waals surface area contributed by atoms with Gasteiger partial charge >= 0.3 is 0 Å². The van der Waals surface area contributed by atoms with Gasteiger partial charge in [-0.2, -0.15) is 0 Å². The third kappa shape index (κ3) is 2.83. The van der Waals surface area contributed by atoms with E-state index in [0.29, 0.717) is 22.0 Å². The Kier molecular flexibility index (Phi) is 4.10. The number of nitrogens with one attached hydrogen (secondary N) is 1. The Labute approximate surface area is 121 Å². The summed E-state index contributed by atoms with van der Waals surface area (Å²) >= 11 is 6.02. The first kappa shape index (κ1) is 14.1. The molecule has 20 heavy (non-hydrogen) atoms. The number of nitrogens with two attached hydrogens (primary N) is 1. The number of carbonyl (C=O) groups excluding carboxylic acids is 1. The van der Waals surface area contributed by atoms with Crippen molar-refractivity contribution in [2.24, 2.45) is 0 Å². The topological polar surface area (TPSA) is 77.2 Å². The van der Waals surface area contributed by atoms with Crippen LogP contribution in [0.25, 0.3) is 0 Å². The fourth-order valence-electron chi connectivity index (χ4n) is 1.73. The van der Waals surface area contributed by atoms with Crippen LogP contribution < -0.4 is 15.8 Å². The molecule has 0 aliphatic rings. The van der Waals surface area contributed by atoms with Crippen molar-refractivity contribution < 1.29 is 9.53 Å². The van der Waals surface area contributed by atoms with Crippen LogP contribution in [0.1, 0.15) is 15.9 Å². The Morgan fingerprint density at radius 2 is 2.20 bits per heavy atom. The highest BCUT2D eigenvalue weighted by atomic mass is 35.5. The number of halogens is 1. The van der Waals surface area contributed by atoms with Crippen molar-refractivity contribution in [2.45, 2.75) is 6.92 Å². The first-order valence-corrected chi connectivity index (χ1v) is 6.26. The standard InChI is InChI=1S/C14H14ClN3O2/c1-8-6-11(12(20-2)7-10(8)15)18-14(19)9-4-3-5-17-13(9)16/h3-7H,1-2H3,(H2,16,17)(H,18,19). The molecule has 104 valence electrons. The molecule has 0 saturated carbocycles. The predicted octanol–water partition coefficient (Wildman–Crippen LogP) is 2.89. The van der Waals surface area contributed by atoms with Crippen LogP contribution >= 0.6 is 11.6 Å². The SMILES string of the molecule is COc1cc(Cl)c(C)cc1NC(=O)c1cccnc1N. The molecule has 2 aromatic rings. The van der Waals surface area contributed by atoms with Gasteiger partial charge in [0.2, 0.25) is 0 Å². The number of aryl methyl sites for hydroxylation is 1. The molecule has 0 atom stereocenters. The minimum atomic E-state index is -0.351. The number of amides is 1. The van der Waals surface area contributed by atoms with Crippen molar-refractivity contribution in [1.29, 1.82) is 0 Å². The predicted molar refractivity (Wildman–Crippen MR) is 79.3 cm³/mol. The Balaban J connectivity index is 2.33. The molecule has 0 fully saturated rings. The van der Waals surface area contributed by atoms with Gasteiger partial charge in [0.1, 0.15) is 11.6 Å². The molecule has 1 amide bonds. The van der Waals surface area contributed by atoms with Crippen LogP contribution in [-0.4, -0.2) is 18.0 Å². The Morgan fingerprint density at radius 1 is 1.45 bits per heavy atom. The molecule has 1 aromatic heterocycles. The molecule has 0 unspecified atom stereocenters. The summed E-state index contributed by atoms with van der Waals surface area (Å²) in [6.45, 7) is 1.84. The Morgan fingerprint density at radius 3 is 2.85 bits per heavy atom. The van der Waals surface area contributed by atoms with E-state index in [2.05, 4.69) is 10.3 Å². The summed E-state index contributed by atoms with van der Waals surface area (Å²) in [4.78, 5) is 16.1. The number of hydrogen-bond acceptors (Lipinski definition) is 4. The maximum Gasteiger partial charge on any atom is 0.259 e. The van der Waals surface area contributed by atoms with Gasteiger partial charge in [0, 0.05) is 17.3 Å². The van der Waals surface area contributed by atoms with E-state index in [0.717, 1.165) is 5.56 Å². The molecule has 6 heteroatoms. The number of ether oxygens (including phenoxy) is 1. The van der Waals surface area contributed by atoms with Crippen molar-refractivity contribution in [1.82, 2.24) is 4.98 Å². The highest BCUT2D eigenvalue weighted by Gasteiger charge is 2.14. The average Bonchev–Trinajstić information content (AvgIpc) is 2.43. The summed E-state index contributed by atoms with van der Waals surface area (Å²) in [5.41, 5.74) is 7.35. The molecular weight excluding hydrogens is 278 g/mol. The summed E-state index contributed by atoms with van der Waals surface area (Å²) in [5, 5.41) is 3.31. The van der Waals surface area contributed by atoms with Crippen LogP contribution in [0.2, 0.25) is 5.02 Å². The largest absolute Gasteiger partial charge is 0.495 e. The van der Waals surface area contributed by atoms with E-state index in [9.17, 15) is 4.79 Å². The number of rotatable bonds is 3. The maximum atomic E-state index is 12.2. The summed E-state index contributed by atoms with van der Waals surface area (Å²) in [7, 11) is 1.51. The third-order valence-corrected chi connectivity index (χ3v) is 3.22. The van der Waals surface area contributed by atoms with Crippen molar-refractivity contribution in [3.05, 3.63) is 46.6 Å². The number of pyridine rings is 1. The summed E-state index contributed by atoms with van der Waals surface area (Å²) in [6, 6.07) is 6.65. The highest BCUT2D eigenvalue weighted by Crippen LogP contribution is 2.31. The van der Waals surface area contributed by atoms with E-state index in [1.807, 2.05) is 6.92 Å². The zero-order valence-electron chi connectivity index (χ0n) is 11.1. The van der Waals surface area contributed by atoms with Gasteiger partial charge in [-0.15, -0.1) is 0 Å². The molecule has 1 heterocycles. The minimum Gasteiger partial charge on any atom is -0.495 e. The van der Waals surface area contributed by atoms with E-state index in [1.165, 1.54) is 13.3 Å². The lowest BCUT2D eigenvalue weighted by Gasteiger charge is -2.12. The van der Waals surface area contributed by atoms with Gasteiger partial charge in [-0.25, -0.2) is 4.98 Å². The number of nitrogens with zero attached hydrogens (tertiary/aromatic N) is 1. The van der Waals surface area contributed by atoms with E-state index in [1.54, 1.807) is 24.3 Å². The normalized spacial score (nSPS) is 10.2. The minimum absolute atomic E-state index is 0.176. The number of anilines is 2. The van der Waals surface area contributed by atoms with Crippen molar-refractivity contribution >= 4 is 29.0 Å². The molecule has 0 aliphatic heterocycles. The maximum absolute atomic E-state index is 12.2. The monoisotopic (exact) mass is 291 g/mol. The third-order valence-electron chi connectivity index (χ3n) is 2.81. The van der Waals surface area contributed by atoms with Gasteiger partial charge in [0.05, 0.1) is 18.4 Å². The molecule has 0 spiro atoms. The number of hydrogen-bond donors (Lipinski definition) is 2. The summed E-state index contributed by atoms with van der Waals surface area (Å²) in [5.74, 6) is 0.307. The number of nitrogen functional groups attached to an aromatic ring is 1. The quantitative estimate of drug-likeness (QED) is 0.911. The van der Waals surface area contributed by atoms with Crippen molar-refractivity contribution in [2.75, 3.05) is 18.2 Å². The first-order chi connectivity index (χ1) is 9.52. The Hall–Kier alpha value is -2.27. The number of carbonyl (C=O) groups is 1. The van der Waals surface area contributed by atoms with E-state index in [4.69, 9.17) is 22.1 Å². The zero-order valence-corrected chi connectivity index (χ0v) is 11.9. The fourth-order valence-corrected chi connectivity index (χ4v) is 1.88. The van der Waals surface area contributed by atoms with Crippen LogP contribution in [-0.2, 0) is 0 Å². The molecule has 5 nitrogen and oxygen atoms in total. The number of methoxy groups -OCH3 is 1.